The van der Waals surface area contributed by atoms with Gasteiger partial charge in [0.1, 0.15) is 18.0 Å². The summed E-state index contributed by atoms with van der Waals surface area (Å²) in [5.74, 6) is 1.89. The maximum atomic E-state index is 13.3. The summed E-state index contributed by atoms with van der Waals surface area (Å²) >= 11 is 0. The smallest absolute Gasteiger partial charge is 0.231 e. The molecule has 1 N–H and O–H groups in total. The van der Waals surface area contributed by atoms with E-state index in [1.807, 2.05) is 18.2 Å². The number of nitrogens with zero attached hydrogens (tertiary/aromatic N) is 1. The number of β-amino-alcohol motifs (C(OH)–C–C–N with tert-alkyl or cyclic N) is 1. The number of hydrogen-bond donors (Lipinski definition) is 1. The Labute approximate surface area is 157 Å². The van der Waals surface area contributed by atoms with Crippen molar-refractivity contribution in [2.75, 3.05) is 27.0 Å². The van der Waals surface area contributed by atoms with Gasteiger partial charge in [0.15, 0.2) is 23.0 Å². The van der Waals surface area contributed by atoms with E-state index in [2.05, 4.69) is 4.90 Å². The highest BCUT2D eigenvalue weighted by Gasteiger charge is 2.30. The second-order valence-electron chi connectivity index (χ2n) is 6.73. The zero-order chi connectivity index (χ0) is 18.8. The topological polar surface area (TPSA) is 60.4 Å². The molecule has 2 aliphatic heterocycles. The van der Waals surface area contributed by atoms with Crippen molar-refractivity contribution in [3.63, 3.8) is 0 Å². The molecule has 0 aliphatic carbocycles. The molecule has 2 aromatic rings. The van der Waals surface area contributed by atoms with Crippen molar-refractivity contribution < 1.29 is 28.4 Å². The molecule has 0 unspecified atom stereocenters. The molecule has 0 saturated carbocycles. The van der Waals surface area contributed by atoms with Crippen molar-refractivity contribution >= 4 is 0 Å². The number of aliphatic hydroxyl groups excluding tert-OH is 1. The molecule has 0 radical (unpaired) electrons. The summed E-state index contributed by atoms with van der Waals surface area (Å²) in [6.45, 7) is 2.23. The van der Waals surface area contributed by atoms with Crippen LogP contribution >= 0.6 is 0 Å². The van der Waals surface area contributed by atoms with E-state index in [4.69, 9.17) is 18.9 Å². The number of aliphatic hydroxyl groups is 1. The molecule has 2 atom stereocenters. The van der Waals surface area contributed by atoms with Gasteiger partial charge in [-0.25, -0.2) is 4.39 Å². The number of methoxy groups -OCH3 is 1. The number of ether oxygens (including phenoxy) is 4. The highest BCUT2D eigenvalue weighted by Crippen LogP contribution is 2.33. The fraction of sp³-hybridized carbons (Fsp3) is 0.400. The number of piperidine rings is 1. The van der Waals surface area contributed by atoms with Crippen LogP contribution < -0.4 is 18.9 Å². The first-order valence-electron chi connectivity index (χ1n) is 8.91. The quantitative estimate of drug-likeness (QED) is 0.867. The van der Waals surface area contributed by atoms with Crippen LogP contribution in [0.1, 0.15) is 12.0 Å². The number of rotatable bonds is 5. The summed E-state index contributed by atoms with van der Waals surface area (Å²) in [4.78, 5) is 2.17. The van der Waals surface area contributed by atoms with Crippen LogP contribution in [0.2, 0.25) is 0 Å². The Morgan fingerprint density at radius 3 is 2.81 bits per heavy atom. The molecule has 0 amide bonds. The molecule has 7 heteroatoms. The zero-order valence-corrected chi connectivity index (χ0v) is 15.1. The Morgan fingerprint density at radius 1 is 1.15 bits per heavy atom. The first-order valence-corrected chi connectivity index (χ1v) is 8.91. The third-order valence-electron chi connectivity index (χ3n) is 4.85. The van der Waals surface area contributed by atoms with Crippen LogP contribution in [-0.4, -0.2) is 49.2 Å². The number of halogens is 1. The molecule has 1 fully saturated rings. The van der Waals surface area contributed by atoms with Crippen LogP contribution in [0.5, 0.6) is 23.0 Å². The lowest BCUT2D eigenvalue weighted by Crippen LogP contribution is -2.48. The maximum absolute atomic E-state index is 13.3. The van der Waals surface area contributed by atoms with Gasteiger partial charge < -0.3 is 24.1 Å². The van der Waals surface area contributed by atoms with E-state index in [1.165, 1.54) is 25.3 Å². The molecule has 4 rings (SSSR count). The summed E-state index contributed by atoms with van der Waals surface area (Å²) in [5.41, 5.74) is 1.10. The molecule has 2 aliphatic rings. The second kappa shape index (κ2) is 7.62. The van der Waals surface area contributed by atoms with E-state index in [0.717, 1.165) is 23.6 Å². The van der Waals surface area contributed by atoms with Crippen molar-refractivity contribution in [3.8, 4) is 23.0 Å². The normalized spacial score (nSPS) is 21.9. The van der Waals surface area contributed by atoms with E-state index in [-0.39, 0.29) is 12.9 Å². The monoisotopic (exact) mass is 375 g/mol. The van der Waals surface area contributed by atoms with E-state index in [1.54, 1.807) is 0 Å². The number of hydrogen-bond acceptors (Lipinski definition) is 6. The van der Waals surface area contributed by atoms with Gasteiger partial charge in [0.25, 0.3) is 0 Å². The molecule has 2 aromatic carbocycles. The number of fused-ring (bicyclic) bond motifs is 1. The Hall–Kier alpha value is -2.51. The van der Waals surface area contributed by atoms with Crippen molar-refractivity contribution in [1.29, 1.82) is 0 Å². The Kier molecular flexibility index (Phi) is 5.05. The van der Waals surface area contributed by atoms with Crippen LogP contribution in [0.15, 0.2) is 36.4 Å². The van der Waals surface area contributed by atoms with Gasteiger partial charge in [0.05, 0.1) is 7.11 Å². The SMILES string of the molecule is COc1cc(F)ccc1O[C@@H]1CCN(Cc2ccc3c(c2)OCO3)C[C@H]1O. The van der Waals surface area contributed by atoms with Crippen molar-refractivity contribution in [2.45, 2.75) is 25.2 Å². The van der Waals surface area contributed by atoms with Crippen molar-refractivity contribution in [3.05, 3.63) is 47.8 Å². The van der Waals surface area contributed by atoms with Gasteiger partial charge in [-0.05, 0) is 36.2 Å². The highest BCUT2D eigenvalue weighted by atomic mass is 19.1. The van der Waals surface area contributed by atoms with Gasteiger partial charge in [0, 0.05) is 25.7 Å². The van der Waals surface area contributed by atoms with Crippen molar-refractivity contribution in [1.82, 2.24) is 4.90 Å². The lowest BCUT2D eigenvalue weighted by atomic mass is 10.0. The number of benzene rings is 2. The van der Waals surface area contributed by atoms with Crippen molar-refractivity contribution in [2.24, 2.45) is 0 Å². The lowest BCUT2D eigenvalue weighted by Gasteiger charge is -2.36. The minimum Gasteiger partial charge on any atom is -0.493 e. The van der Waals surface area contributed by atoms with E-state index in [9.17, 15) is 9.50 Å². The lowest BCUT2D eigenvalue weighted by molar-refractivity contribution is -0.0283. The molecular weight excluding hydrogens is 353 g/mol. The minimum absolute atomic E-state index is 0.257. The molecule has 0 aromatic heterocycles. The van der Waals surface area contributed by atoms with E-state index in [0.29, 0.717) is 31.0 Å². The fourth-order valence-electron chi connectivity index (χ4n) is 3.46. The maximum Gasteiger partial charge on any atom is 0.231 e. The van der Waals surface area contributed by atoms with Crippen LogP contribution in [-0.2, 0) is 6.54 Å². The third-order valence-corrected chi connectivity index (χ3v) is 4.85. The van der Waals surface area contributed by atoms with Gasteiger partial charge in [-0.15, -0.1) is 0 Å². The van der Waals surface area contributed by atoms with Crippen LogP contribution in [0.25, 0.3) is 0 Å². The highest BCUT2D eigenvalue weighted by molar-refractivity contribution is 5.44. The van der Waals surface area contributed by atoms with Gasteiger partial charge >= 0.3 is 0 Å². The first kappa shape index (κ1) is 17.9. The molecule has 144 valence electrons. The number of likely N-dealkylation sites (tertiary alicyclic amines) is 1. The summed E-state index contributed by atoms with van der Waals surface area (Å²) in [7, 11) is 1.46. The van der Waals surface area contributed by atoms with Gasteiger partial charge in [0.2, 0.25) is 6.79 Å². The van der Waals surface area contributed by atoms with Gasteiger partial charge in [-0.3, -0.25) is 4.90 Å². The Morgan fingerprint density at radius 2 is 2.00 bits per heavy atom. The van der Waals surface area contributed by atoms with Crippen LogP contribution in [0, 0.1) is 5.82 Å². The van der Waals surface area contributed by atoms with Crippen LogP contribution in [0.3, 0.4) is 0 Å². The molecule has 6 nitrogen and oxygen atoms in total. The standard InChI is InChI=1S/C20H22FNO5/c1-24-19-9-14(21)3-5-18(19)27-16-6-7-22(11-15(16)23)10-13-2-4-17-20(8-13)26-12-25-17/h2-5,8-9,15-16,23H,6-7,10-12H2,1H3/t15-,16-/m1/s1. The molecule has 27 heavy (non-hydrogen) atoms. The molecule has 0 bridgehead atoms. The van der Waals surface area contributed by atoms with Gasteiger partial charge in [-0.1, -0.05) is 6.07 Å². The van der Waals surface area contributed by atoms with E-state index >= 15 is 0 Å². The summed E-state index contributed by atoms with van der Waals surface area (Å²) in [6, 6.07) is 10.0. The zero-order valence-electron chi connectivity index (χ0n) is 15.1. The largest absolute Gasteiger partial charge is 0.493 e. The third kappa shape index (κ3) is 3.94. The molecule has 1 saturated heterocycles. The van der Waals surface area contributed by atoms with Gasteiger partial charge in [-0.2, -0.15) is 0 Å². The minimum atomic E-state index is -0.650. The Balaban J connectivity index is 1.36. The predicted molar refractivity (Wildman–Crippen MR) is 95.8 cm³/mol. The Bertz CT molecular complexity index is 815. The molecule has 2 heterocycles. The predicted octanol–water partition coefficient (Wildman–Crippen LogP) is 2.58. The average molecular weight is 375 g/mol. The molecular formula is C20H22FNO5. The van der Waals surface area contributed by atoms with E-state index < -0.39 is 11.9 Å². The summed E-state index contributed by atoms with van der Waals surface area (Å²) in [6.07, 6.45) is -0.355. The fourth-order valence-corrected chi connectivity index (χ4v) is 3.46. The average Bonchev–Trinajstić information content (AvgIpc) is 3.13. The summed E-state index contributed by atoms with van der Waals surface area (Å²) in [5, 5.41) is 10.5. The van der Waals surface area contributed by atoms with Crippen LogP contribution in [0.4, 0.5) is 4.39 Å². The molecule has 0 spiro atoms. The summed E-state index contributed by atoms with van der Waals surface area (Å²) < 4.78 is 35.1. The first-order chi connectivity index (χ1) is 13.1. The second-order valence-corrected chi connectivity index (χ2v) is 6.73.